The molecule has 62 heavy (non-hydrogen) atoms. The molecular formula is C59H45N3. The fourth-order valence-electron chi connectivity index (χ4n) is 10.7. The summed E-state index contributed by atoms with van der Waals surface area (Å²) in [5.74, 6) is 0. The standard InChI is InChI=1S/C59H45N3/c1-5-15-42(16-6-1)43-25-29-49(30-26-43)61(52-33-34-54-53-23-13-14-24-57(53)62(58(54)41-52)48-21-11-4-12-22-48)51-32-28-45-36-38-59(56(45)40-51)37-35-44-27-31-50(39-55(44)59)60(46-17-7-2-8-18-46)47-19-9-3-10-20-47/h1-34,39-41H,35-38H2/t59-/m1/s1. The summed E-state index contributed by atoms with van der Waals surface area (Å²) in [5.41, 5.74) is 18.8. The topological polar surface area (TPSA) is 11.4 Å². The van der Waals surface area contributed by atoms with E-state index in [0.29, 0.717) is 0 Å². The van der Waals surface area contributed by atoms with Crippen LogP contribution in [0.4, 0.5) is 34.1 Å². The van der Waals surface area contributed by atoms with Gasteiger partial charge < -0.3 is 14.4 Å². The number of rotatable bonds is 8. The van der Waals surface area contributed by atoms with Crippen molar-refractivity contribution in [3.8, 4) is 16.8 Å². The van der Waals surface area contributed by atoms with E-state index >= 15 is 0 Å². The zero-order valence-electron chi connectivity index (χ0n) is 34.5. The Labute approximate surface area is 363 Å². The van der Waals surface area contributed by atoms with Crippen LogP contribution in [0.5, 0.6) is 0 Å². The molecule has 3 nitrogen and oxygen atoms in total. The van der Waals surface area contributed by atoms with Gasteiger partial charge in [-0.15, -0.1) is 0 Å². The zero-order valence-corrected chi connectivity index (χ0v) is 34.5. The van der Waals surface area contributed by atoms with Gasteiger partial charge in [0.2, 0.25) is 0 Å². The first-order chi connectivity index (χ1) is 30.7. The van der Waals surface area contributed by atoms with E-state index in [9.17, 15) is 0 Å². The first kappa shape index (κ1) is 36.2. The van der Waals surface area contributed by atoms with Gasteiger partial charge in [0.15, 0.2) is 0 Å². The van der Waals surface area contributed by atoms with Crippen molar-refractivity contribution in [2.45, 2.75) is 31.1 Å². The molecule has 0 unspecified atom stereocenters. The van der Waals surface area contributed by atoms with Crippen molar-refractivity contribution >= 4 is 55.9 Å². The monoisotopic (exact) mass is 795 g/mol. The van der Waals surface area contributed by atoms with Gasteiger partial charge >= 0.3 is 0 Å². The molecule has 0 radical (unpaired) electrons. The molecule has 0 fully saturated rings. The SMILES string of the molecule is c1ccc(-c2ccc(N(c3ccc4c(c3)[C@]3(CCc5ccc(N(c6ccccc6)c6ccccc6)cc53)CC4)c3ccc4c5ccccc5n(-c5ccccc5)c4c3)cc2)cc1. The molecule has 1 spiro atoms. The van der Waals surface area contributed by atoms with Crippen molar-refractivity contribution in [2.24, 2.45) is 0 Å². The highest BCUT2D eigenvalue weighted by Gasteiger charge is 2.45. The fraction of sp³-hybridized carbons (Fsp3) is 0.0847. The number of aromatic nitrogens is 1. The molecule has 10 aromatic rings. The number of hydrogen-bond donors (Lipinski definition) is 0. The molecule has 296 valence electrons. The average molecular weight is 796 g/mol. The number of aryl methyl sites for hydroxylation is 2. The van der Waals surface area contributed by atoms with Crippen LogP contribution in [-0.2, 0) is 18.3 Å². The Hall–Kier alpha value is -7.62. The van der Waals surface area contributed by atoms with Crippen molar-refractivity contribution in [1.82, 2.24) is 4.57 Å². The minimum atomic E-state index is -0.0533. The van der Waals surface area contributed by atoms with Crippen molar-refractivity contribution in [3.63, 3.8) is 0 Å². The van der Waals surface area contributed by atoms with Crippen molar-refractivity contribution in [1.29, 1.82) is 0 Å². The van der Waals surface area contributed by atoms with Crippen molar-refractivity contribution in [2.75, 3.05) is 9.80 Å². The van der Waals surface area contributed by atoms with Gasteiger partial charge in [-0.1, -0.05) is 133 Å². The first-order valence-corrected chi connectivity index (χ1v) is 21.9. The Balaban J connectivity index is 1.02. The highest BCUT2D eigenvalue weighted by Crippen LogP contribution is 2.55. The number of anilines is 6. The third kappa shape index (κ3) is 5.96. The Morgan fingerprint density at radius 2 is 0.774 bits per heavy atom. The molecule has 9 aromatic carbocycles. The summed E-state index contributed by atoms with van der Waals surface area (Å²) in [6.45, 7) is 0. The van der Waals surface area contributed by atoms with Crippen LogP contribution in [-0.4, -0.2) is 4.57 Å². The molecule has 0 saturated carbocycles. The van der Waals surface area contributed by atoms with Gasteiger partial charge in [0.05, 0.1) is 11.0 Å². The maximum atomic E-state index is 2.54. The van der Waals surface area contributed by atoms with Gasteiger partial charge in [-0.2, -0.15) is 0 Å². The molecule has 12 rings (SSSR count). The van der Waals surface area contributed by atoms with Gasteiger partial charge in [0, 0.05) is 56.0 Å². The minimum Gasteiger partial charge on any atom is -0.310 e. The normalized spacial score (nSPS) is 15.2. The average Bonchev–Trinajstić information content (AvgIpc) is 4.02. The van der Waals surface area contributed by atoms with Crippen LogP contribution >= 0.6 is 0 Å². The van der Waals surface area contributed by atoms with E-state index in [1.165, 1.54) is 66.6 Å². The molecule has 0 bridgehead atoms. The Morgan fingerprint density at radius 3 is 1.39 bits per heavy atom. The maximum Gasteiger partial charge on any atom is 0.0561 e. The van der Waals surface area contributed by atoms with Gasteiger partial charge in [0.1, 0.15) is 0 Å². The number of fused-ring (bicyclic) bond motifs is 7. The molecule has 1 aromatic heterocycles. The zero-order chi connectivity index (χ0) is 41.0. The van der Waals surface area contributed by atoms with Gasteiger partial charge in [0.25, 0.3) is 0 Å². The highest BCUT2D eigenvalue weighted by atomic mass is 15.1. The summed E-state index contributed by atoms with van der Waals surface area (Å²) in [6, 6.07) is 82.6. The highest BCUT2D eigenvalue weighted by molar-refractivity contribution is 6.10. The van der Waals surface area contributed by atoms with Gasteiger partial charge in [-0.3, -0.25) is 0 Å². The molecule has 0 aliphatic heterocycles. The van der Waals surface area contributed by atoms with E-state index in [1.54, 1.807) is 0 Å². The van der Waals surface area contributed by atoms with Crippen LogP contribution in [0, 0.1) is 0 Å². The maximum absolute atomic E-state index is 2.54. The predicted octanol–water partition coefficient (Wildman–Crippen LogP) is 15.6. The lowest BCUT2D eigenvalue weighted by molar-refractivity contribution is 0.507. The van der Waals surface area contributed by atoms with Crippen LogP contribution in [0.2, 0.25) is 0 Å². The molecular weight excluding hydrogens is 751 g/mol. The van der Waals surface area contributed by atoms with Crippen LogP contribution < -0.4 is 9.80 Å². The Bertz CT molecular complexity index is 3180. The number of nitrogens with zero attached hydrogens (tertiary/aromatic N) is 3. The lowest BCUT2D eigenvalue weighted by atomic mass is 9.76. The Morgan fingerprint density at radius 1 is 0.339 bits per heavy atom. The van der Waals surface area contributed by atoms with Crippen LogP contribution in [0.1, 0.15) is 35.1 Å². The summed E-state index contributed by atoms with van der Waals surface area (Å²) in [4.78, 5) is 4.89. The molecule has 1 atom stereocenters. The summed E-state index contributed by atoms with van der Waals surface area (Å²) >= 11 is 0. The largest absolute Gasteiger partial charge is 0.310 e. The van der Waals surface area contributed by atoms with Crippen molar-refractivity contribution < 1.29 is 0 Å². The molecule has 0 amide bonds. The van der Waals surface area contributed by atoms with E-state index in [2.05, 4.69) is 239 Å². The molecule has 0 saturated heterocycles. The third-order valence-corrected chi connectivity index (χ3v) is 13.6. The lowest BCUT2D eigenvalue weighted by Crippen LogP contribution is -2.22. The number of hydrogen-bond acceptors (Lipinski definition) is 2. The second-order valence-electron chi connectivity index (χ2n) is 16.9. The summed E-state index contributed by atoms with van der Waals surface area (Å²) < 4.78 is 2.42. The second kappa shape index (κ2) is 14.8. The molecule has 3 heteroatoms. The van der Waals surface area contributed by atoms with Gasteiger partial charge in [-0.05, 0) is 150 Å². The lowest BCUT2D eigenvalue weighted by Gasteiger charge is -2.31. The predicted molar refractivity (Wildman–Crippen MR) is 259 cm³/mol. The Kier molecular flexibility index (Phi) is 8.67. The minimum absolute atomic E-state index is 0.0533. The van der Waals surface area contributed by atoms with Gasteiger partial charge in [-0.25, -0.2) is 0 Å². The number of para-hydroxylation sites is 4. The third-order valence-electron chi connectivity index (χ3n) is 13.6. The second-order valence-corrected chi connectivity index (χ2v) is 16.9. The first-order valence-electron chi connectivity index (χ1n) is 21.9. The van der Waals surface area contributed by atoms with E-state index in [-0.39, 0.29) is 5.41 Å². The number of benzene rings is 9. The van der Waals surface area contributed by atoms with Crippen LogP contribution in [0.15, 0.2) is 224 Å². The summed E-state index contributed by atoms with van der Waals surface area (Å²) in [6.07, 6.45) is 4.40. The molecule has 2 aliphatic rings. The van der Waals surface area contributed by atoms with Crippen molar-refractivity contribution in [3.05, 3.63) is 247 Å². The molecule has 1 heterocycles. The fourth-order valence-corrected chi connectivity index (χ4v) is 10.7. The van der Waals surface area contributed by atoms with E-state index < -0.39 is 0 Å². The van der Waals surface area contributed by atoms with E-state index in [1.807, 2.05) is 0 Å². The van der Waals surface area contributed by atoms with Crippen LogP contribution in [0.25, 0.3) is 38.6 Å². The van der Waals surface area contributed by atoms with E-state index in [4.69, 9.17) is 0 Å². The molecule has 2 aliphatic carbocycles. The summed E-state index contributed by atoms with van der Waals surface area (Å²) in [7, 11) is 0. The summed E-state index contributed by atoms with van der Waals surface area (Å²) in [5, 5.41) is 2.51. The smallest absolute Gasteiger partial charge is 0.0561 e. The van der Waals surface area contributed by atoms with E-state index in [0.717, 1.165) is 54.1 Å². The molecule has 0 N–H and O–H groups in total. The van der Waals surface area contributed by atoms with Crippen LogP contribution in [0.3, 0.4) is 0 Å². The quantitative estimate of drug-likeness (QED) is 0.152.